The first-order valence-corrected chi connectivity index (χ1v) is 5.34. The van der Waals surface area contributed by atoms with Crippen molar-refractivity contribution in [3.63, 3.8) is 0 Å². The molecule has 0 amide bonds. The Balaban J connectivity index is 2.25. The molecular weight excluding hydrogens is 253 g/mol. The lowest BCUT2D eigenvalue weighted by molar-refractivity contribution is -0.386. The van der Waals surface area contributed by atoms with E-state index < -0.39 is 22.2 Å². The number of para-hydroxylation sites is 1. The van der Waals surface area contributed by atoms with Gasteiger partial charge in [-0.05, 0) is 12.1 Å². The van der Waals surface area contributed by atoms with E-state index in [4.69, 9.17) is 10.5 Å². The number of nitrogens with zero attached hydrogens (tertiary/aromatic N) is 2. The summed E-state index contributed by atoms with van der Waals surface area (Å²) in [7, 11) is 0. The molecule has 1 heterocycles. The van der Waals surface area contributed by atoms with Gasteiger partial charge in [0.1, 0.15) is 12.4 Å². The number of halogens is 1. The van der Waals surface area contributed by atoms with Gasteiger partial charge in [-0.25, -0.2) is 9.37 Å². The maximum atomic E-state index is 13.5. The Kier molecular flexibility index (Phi) is 3.56. The highest BCUT2D eigenvalue weighted by molar-refractivity contribution is 5.47. The number of hydrogen-bond donors (Lipinski definition) is 1. The smallest absolute Gasteiger partial charge is 0.314 e. The number of anilines is 1. The van der Waals surface area contributed by atoms with Gasteiger partial charge < -0.3 is 10.5 Å². The summed E-state index contributed by atoms with van der Waals surface area (Å²) in [6, 6.07) is 6.80. The number of benzene rings is 1. The molecule has 98 valence electrons. The van der Waals surface area contributed by atoms with Crippen molar-refractivity contribution in [2.24, 2.45) is 0 Å². The number of nitrogen functional groups attached to an aromatic ring is 1. The topological polar surface area (TPSA) is 91.3 Å². The highest BCUT2D eigenvalue weighted by Crippen LogP contribution is 2.30. The van der Waals surface area contributed by atoms with Gasteiger partial charge >= 0.3 is 5.69 Å². The summed E-state index contributed by atoms with van der Waals surface area (Å²) in [5, 5.41) is 10.8. The average molecular weight is 263 g/mol. The van der Waals surface area contributed by atoms with Crippen LogP contribution in [0.5, 0.6) is 5.75 Å². The molecule has 2 rings (SSSR count). The average Bonchev–Trinajstić information content (AvgIpc) is 2.38. The molecule has 2 aromatic rings. The normalized spacial score (nSPS) is 10.2. The second kappa shape index (κ2) is 5.30. The fourth-order valence-corrected chi connectivity index (χ4v) is 1.51. The van der Waals surface area contributed by atoms with Crippen LogP contribution in [-0.4, -0.2) is 9.91 Å². The minimum Gasteiger partial charge on any atom is -0.480 e. The predicted molar refractivity (Wildman–Crippen MR) is 66.0 cm³/mol. The molecule has 0 unspecified atom stereocenters. The molecule has 0 aliphatic heterocycles. The molecule has 0 radical (unpaired) electrons. The maximum Gasteiger partial charge on any atom is 0.314 e. The lowest BCUT2D eigenvalue weighted by atomic mass is 10.2. The Hall–Kier alpha value is -2.70. The third kappa shape index (κ3) is 2.76. The standard InChI is InChI=1S/C12H10FN3O3/c13-9-4-1-5-10(16(17)18)11(9)19-7-8-3-2-6-15-12(8)14/h1-6H,7H2,(H2,14,15). The number of aromatic nitrogens is 1. The first-order chi connectivity index (χ1) is 9.09. The minimum absolute atomic E-state index is 0.0958. The maximum absolute atomic E-state index is 13.5. The van der Waals surface area contributed by atoms with Crippen molar-refractivity contribution >= 4 is 11.5 Å². The predicted octanol–water partition coefficient (Wildman–Crippen LogP) is 2.29. The zero-order chi connectivity index (χ0) is 13.8. The van der Waals surface area contributed by atoms with Crippen molar-refractivity contribution in [3.05, 3.63) is 58.0 Å². The van der Waals surface area contributed by atoms with E-state index in [1.807, 2.05) is 0 Å². The molecule has 0 saturated carbocycles. The van der Waals surface area contributed by atoms with Crippen LogP contribution in [0.2, 0.25) is 0 Å². The first-order valence-electron chi connectivity index (χ1n) is 5.34. The van der Waals surface area contributed by atoms with Gasteiger partial charge in [0.15, 0.2) is 5.82 Å². The Labute approximate surface area is 107 Å². The Morgan fingerprint density at radius 1 is 1.37 bits per heavy atom. The zero-order valence-electron chi connectivity index (χ0n) is 9.75. The molecule has 2 N–H and O–H groups in total. The van der Waals surface area contributed by atoms with Crippen LogP contribution in [0.25, 0.3) is 0 Å². The summed E-state index contributed by atoms with van der Waals surface area (Å²) >= 11 is 0. The SMILES string of the molecule is Nc1ncccc1COc1c(F)cccc1[N+](=O)[O-]. The fraction of sp³-hybridized carbons (Fsp3) is 0.0833. The number of nitro groups is 1. The molecule has 0 atom stereocenters. The molecule has 0 aliphatic carbocycles. The van der Waals surface area contributed by atoms with Crippen LogP contribution >= 0.6 is 0 Å². The van der Waals surface area contributed by atoms with E-state index >= 15 is 0 Å². The van der Waals surface area contributed by atoms with E-state index in [0.29, 0.717) is 5.56 Å². The summed E-state index contributed by atoms with van der Waals surface area (Å²) in [6.07, 6.45) is 1.50. The van der Waals surface area contributed by atoms with Crippen LogP contribution in [0.4, 0.5) is 15.9 Å². The van der Waals surface area contributed by atoms with E-state index in [0.717, 1.165) is 6.07 Å². The number of nitrogens with two attached hydrogens (primary N) is 1. The van der Waals surface area contributed by atoms with E-state index in [1.165, 1.54) is 18.3 Å². The summed E-state index contributed by atoms with van der Waals surface area (Å²) in [6.45, 7) is -0.0958. The van der Waals surface area contributed by atoms with Crippen LogP contribution in [0.15, 0.2) is 36.5 Å². The second-order valence-corrected chi connectivity index (χ2v) is 3.68. The second-order valence-electron chi connectivity index (χ2n) is 3.68. The van der Waals surface area contributed by atoms with Crippen LogP contribution < -0.4 is 10.5 Å². The van der Waals surface area contributed by atoms with Crippen LogP contribution in [0.1, 0.15) is 5.56 Å². The summed E-state index contributed by atoms with van der Waals surface area (Å²) in [5.41, 5.74) is 5.70. The molecule has 0 spiro atoms. The molecule has 6 nitrogen and oxygen atoms in total. The van der Waals surface area contributed by atoms with Gasteiger partial charge in [0.05, 0.1) is 4.92 Å². The molecule has 1 aromatic heterocycles. The molecule has 7 heteroatoms. The minimum atomic E-state index is -0.795. The van der Waals surface area contributed by atoms with E-state index in [2.05, 4.69) is 4.98 Å². The Morgan fingerprint density at radius 3 is 2.84 bits per heavy atom. The van der Waals surface area contributed by atoms with Gasteiger partial charge in [-0.2, -0.15) is 0 Å². The van der Waals surface area contributed by atoms with Crippen molar-refractivity contribution in [1.29, 1.82) is 0 Å². The highest BCUT2D eigenvalue weighted by Gasteiger charge is 2.19. The first kappa shape index (κ1) is 12.7. The van der Waals surface area contributed by atoms with Gasteiger partial charge in [-0.15, -0.1) is 0 Å². The fourth-order valence-electron chi connectivity index (χ4n) is 1.51. The lowest BCUT2D eigenvalue weighted by Crippen LogP contribution is -2.04. The molecule has 0 aliphatic rings. The Morgan fingerprint density at radius 2 is 2.16 bits per heavy atom. The third-order valence-corrected chi connectivity index (χ3v) is 2.44. The van der Waals surface area contributed by atoms with Crippen molar-refractivity contribution in [2.45, 2.75) is 6.61 Å². The van der Waals surface area contributed by atoms with Crippen molar-refractivity contribution in [2.75, 3.05) is 5.73 Å². The van der Waals surface area contributed by atoms with E-state index in [-0.39, 0.29) is 12.4 Å². The number of nitro benzene ring substituents is 1. The lowest BCUT2D eigenvalue weighted by Gasteiger charge is -2.08. The molecule has 0 bridgehead atoms. The Bertz CT molecular complexity index is 619. The monoisotopic (exact) mass is 263 g/mol. The molecular formula is C12H10FN3O3. The summed E-state index contributed by atoms with van der Waals surface area (Å²) in [5.74, 6) is -0.964. The highest BCUT2D eigenvalue weighted by atomic mass is 19.1. The molecule has 1 aromatic carbocycles. The van der Waals surface area contributed by atoms with Gasteiger partial charge in [-0.3, -0.25) is 10.1 Å². The van der Waals surface area contributed by atoms with Crippen molar-refractivity contribution in [1.82, 2.24) is 4.98 Å². The number of rotatable bonds is 4. The summed E-state index contributed by atoms with van der Waals surface area (Å²) in [4.78, 5) is 13.9. The quantitative estimate of drug-likeness (QED) is 0.675. The summed E-state index contributed by atoms with van der Waals surface area (Å²) < 4.78 is 18.7. The van der Waals surface area contributed by atoms with Gasteiger partial charge in [-0.1, -0.05) is 12.1 Å². The third-order valence-electron chi connectivity index (χ3n) is 2.44. The molecule has 0 fully saturated rings. The number of hydrogen-bond acceptors (Lipinski definition) is 5. The largest absolute Gasteiger partial charge is 0.480 e. The van der Waals surface area contributed by atoms with Crippen molar-refractivity contribution in [3.8, 4) is 5.75 Å². The van der Waals surface area contributed by atoms with Gasteiger partial charge in [0.25, 0.3) is 0 Å². The number of ether oxygens (including phenoxy) is 1. The van der Waals surface area contributed by atoms with Crippen LogP contribution in [-0.2, 0) is 6.61 Å². The zero-order valence-corrected chi connectivity index (χ0v) is 9.75. The van der Waals surface area contributed by atoms with Crippen LogP contribution in [0, 0.1) is 15.9 Å². The number of pyridine rings is 1. The van der Waals surface area contributed by atoms with Gasteiger partial charge in [0.2, 0.25) is 5.75 Å². The van der Waals surface area contributed by atoms with Crippen molar-refractivity contribution < 1.29 is 14.1 Å². The van der Waals surface area contributed by atoms with Gasteiger partial charge in [0, 0.05) is 17.8 Å². The van der Waals surface area contributed by atoms with E-state index in [1.54, 1.807) is 12.1 Å². The van der Waals surface area contributed by atoms with E-state index in [9.17, 15) is 14.5 Å². The van der Waals surface area contributed by atoms with Crippen LogP contribution in [0.3, 0.4) is 0 Å². The molecule has 0 saturated heterocycles. The molecule has 19 heavy (non-hydrogen) atoms.